The number of fused-ring (bicyclic) bond motifs is 1. The zero-order valence-corrected chi connectivity index (χ0v) is 11.2. The van der Waals surface area contributed by atoms with E-state index in [-0.39, 0.29) is 18.0 Å². The molecule has 0 radical (unpaired) electrons. The molecule has 1 heterocycles. The Morgan fingerprint density at radius 1 is 1.50 bits per heavy atom. The van der Waals surface area contributed by atoms with E-state index in [1.807, 2.05) is 30.0 Å². The number of benzene rings is 1. The highest BCUT2D eigenvalue weighted by Crippen LogP contribution is 2.32. The van der Waals surface area contributed by atoms with Crippen LogP contribution in [0.2, 0.25) is 0 Å². The maximum Gasteiger partial charge on any atom is 0.227 e. The number of nitrogens with two attached hydrogens (primary N) is 1. The van der Waals surface area contributed by atoms with Gasteiger partial charge < -0.3 is 10.6 Å². The summed E-state index contributed by atoms with van der Waals surface area (Å²) in [4.78, 5) is 14.2. The average molecular weight is 246 g/mol. The fourth-order valence-corrected chi connectivity index (χ4v) is 2.64. The van der Waals surface area contributed by atoms with Crippen molar-refractivity contribution in [2.24, 2.45) is 5.73 Å². The van der Waals surface area contributed by atoms with Gasteiger partial charge in [0.05, 0.1) is 0 Å². The Labute approximate surface area is 109 Å². The summed E-state index contributed by atoms with van der Waals surface area (Å²) >= 11 is 0. The third kappa shape index (κ3) is 2.72. The van der Waals surface area contributed by atoms with Crippen LogP contribution in [-0.2, 0) is 11.2 Å². The van der Waals surface area contributed by atoms with Gasteiger partial charge in [-0.3, -0.25) is 4.79 Å². The van der Waals surface area contributed by atoms with Crippen LogP contribution < -0.4 is 10.6 Å². The molecule has 2 rings (SSSR count). The molecule has 0 aromatic heterocycles. The molecule has 0 fully saturated rings. The Bertz CT molecular complexity index is 428. The molecule has 1 aliphatic rings. The molecule has 98 valence electrons. The predicted molar refractivity (Wildman–Crippen MR) is 74.6 cm³/mol. The van der Waals surface area contributed by atoms with E-state index in [4.69, 9.17) is 5.73 Å². The lowest BCUT2D eigenvalue weighted by Crippen LogP contribution is -2.35. The molecule has 0 saturated heterocycles. The second-order valence-corrected chi connectivity index (χ2v) is 5.32. The van der Waals surface area contributed by atoms with Gasteiger partial charge in [-0.05, 0) is 44.7 Å². The van der Waals surface area contributed by atoms with Crippen LogP contribution in [0.1, 0.15) is 38.7 Å². The number of hydrogen-bond acceptors (Lipinski definition) is 2. The van der Waals surface area contributed by atoms with E-state index in [0.29, 0.717) is 6.42 Å². The topological polar surface area (TPSA) is 46.3 Å². The van der Waals surface area contributed by atoms with Crippen LogP contribution in [0.3, 0.4) is 0 Å². The summed E-state index contributed by atoms with van der Waals surface area (Å²) in [5.74, 6) is 0.230. The normalized spacial score (nSPS) is 19.7. The van der Waals surface area contributed by atoms with Crippen LogP contribution in [0.25, 0.3) is 0 Å². The molecule has 0 spiro atoms. The van der Waals surface area contributed by atoms with Gasteiger partial charge in [0.2, 0.25) is 5.91 Å². The minimum Gasteiger partial charge on any atom is -0.328 e. The number of para-hydroxylation sites is 1. The Hall–Kier alpha value is -1.35. The van der Waals surface area contributed by atoms with Crippen molar-refractivity contribution in [3.05, 3.63) is 29.8 Å². The first kappa shape index (κ1) is 13.1. The maximum atomic E-state index is 12.3. The molecule has 1 aliphatic heterocycles. The van der Waals surface area contributed by atoms with Crippen molar-refractivity contribution in [1.82, 2.24) is 0 Å². The molecule has 1 aromatic carbocycles. The first-order valence-electron chi connectivity index (χ1n) is 6.75. The molecular formula is C15H22N2O. The molecule has 0 aliphatic carbocycles. The van der Waals surface area contributed by atoms with Crippen LogP contribution in [0.4, 0.5) is 5.69 Å². The fraction of sp³-hybridized carbons (Fsp3) is 0.533. The van der Waals surface area contributed by atoms with Crippen molar-refractivity contribution < 1.29 is 4.79 Å². The lowest BCUT2D eigenvalue weighted by atomic mass is 10.1. The smallest absolute Gasteiger partial charge is 0.227 e. The van der Waals surface area contributed by atoms with Crippen LogP contribution in [0.5, 0.6) is 0 Å². The Balaban J connectivity index is 2.02. The molecule has 2 atom stereocenters. The van der Waals surface area contributed by atoms with Crippen LogP contribution >= 0.6 is 0 Å². The van der Waals surface area contributed by atoms with Gasteiger partial charge in [0, 0.05) is 24.2 Å². The summed E-state index contributed by atoms with van der Waals surface area (Å²) in [5.41, 5.74) is 8.09. The molecule has 18 heavy (non-hydrogen) atoms. The minimum atomic E-state index is 0.182. The van der Waals surface area contributed by atoms with E-state index in [1.165, 1.54) is 5.56 Å². The second kappa shape index (κ2) is 5.53. The zero-order chi connectivity index (χ0) is 13.1. The summed E-state index contributed by atoms with van der Waals surface area (Å²) < 4.78 is 0. The highest BCUT2D eigenvalue weighted by Gasteiger charge is 2.29. The molecule has 0 bridgehead atoms. The van der Waals surface area contributed by atoms with E-state index in [2.05, 4.69) is 13.0 Å². The van der Waals surface area contributed by atoms with Crippen LogP contribution in [-0.4, -0.2) is 18.0 Å². The van der Waals surface area contributed by atoms with Crippen LogP contribution in [0, 0.1) is 0 Å². The van der Waals surface area contributed by atoms with Crippen LogP contribution in [0.15, 0.2) is 24.3 Å². The number of carbonyl (C=O) groups is 1. The molecule has 1 amide bonds. The van der Waals surface area contributed by atoms with Gasteiger partial charge in [0.15, 0.2) is 0 Å². The largest absolute Gasteiger partial charge is 0.328 e. The zero-order valence-electron chi connectivity index (χ0n) is 11.2. The van der Waals surface area contributed by atoms with Gasteiger partial charge in [-0.2, -0.15) is 0 Å². The highest BCUT2D eigenvalue weighted by atomic mass is 16.2. The molecule has 3 heteroatoms. The number of amides is 1. The SMILES string of the molecule is CC(N)CCCC(=O)N1c2ccccc2CC1C. The fourth-order valence-electron chi connectivity index (χ4n) is 2.64. The quantitative estimate of drug-likeness (QED) is 0.887. The molecule has 2 unspecified atom stereocenters. The Kier molecular flexibility index (Phi) is 4.02. The first-order chi connectivity index (χ1) is 8.59. The molecular weight excluding hydrogens is 224 g/mol. The molecule has 0 saturated carbocycles. The monoisotopic (exact) mass is 246 g/mol. The predicted octanol–water partition coefficient (Wildman–Crippen LogP) is 2.48. The number of anilines is 1. The van der Waals surface area contributed by atoms with Crippen molar-refractivity contribution in [2.75, 3.05) is 4.90 Å². The average Bonchev–Trinajstić information content (AvgIpc) is 2.64. The van der Waals surface area contributed by atoms with Gasteiger partial charge in [-0.25, -0.2) is 0 Å². The lowest BCUT2D eigenvalue weighted by molar-refractivity contribution is -0.119. The van der Waals surface area contributed by atoms with Crippen molar-refractivity contribution in [3.8, 4) is 0 Å². The first-order valence-corrected chi connectivity index (χ1v) is 6.75. The standard InChI is InChI=1S/C15H22N2O/c1-11(16)6-5-9-15(18)17-12(2)10-13-7-3-4-8-14(13)17/h3-4,7-8,11-12H,5-6,9-10,16H2,1-2H3. The summed E-state index contributed by atoms with van der Waals surface area (Å²) in [6, 6.07) is 8.66. The number of nitrogens with zero attached hydrogens (tertiary/aromatic N) is 1. The molecule has 3 nitrogen and oxygen atoms in total. The molecule has 2 N–H and O–H groups in total. The second-order valence-electron chi connectivity index (χ2n) is 5.32. The minimum absolute atomic E-state index is 0.182. The lowest BCUT2D eigenvalue weighted by Gasteiger charge is -2.23. The summed E-state index contributed by atoms with van der Waals surface area (Å²) in [5, 5.41) is 0. The summed E-state index contributed by atoms with van der Waals surface area (Å²) in [7, 11) is 0. The van der Waals surface area contributed by atoms with E-state index < -0.39 is 0 Å². The number of carbonyl (C=O) groups excluding carboxylic acids is 1. The van der Waals surface area contributed by atoms with Gasteiger partial charge >= 0.3 is 0 Å². The van der Waals surface area contributed by atoms with E-state index >= 15 is 0 Å². The van der Waals surface area contributed by atoms with Gasteiger partial charge in [0.25, 0.3) is 0 Å². The van der Waals surface area contributed by atoms with E-state index in [9.17, 15) is 4.79 Å². The maximum absolute atomic E-state index is 12.3. The van der Waals surface area contributed by atoms with Gasteiger partial charge in [0.1, 0.15) is 0 Å². The highest BCUT2D eigenvalue weighted by molar-refractivity contribution is 5.96. The van der Waals surface area contributed by atoms with Crippen molar-refractivity contribution >= 4 is 11.6 Å². The van der Waals surface area contributed by atoms with Crippen molar-refractivity contribution in [1.29, 1.82) is 0 Å². The van der Waals surface area contributed by atoms with Crippen molar-refractivity contribution in [3.63, 3.8) is 0 Å². The van der Waals surface area contributed by atoms with Gasteiger partial charge in [-0.15, -0.1) is 0 Å². The van der Waals surface area contributed by atoms with Crippen molar-refractivity contribution in [2.45, 2.75) is 51.6 Å². The van der Waals surface area contributed by atoms with E-state index in [0.717, 1.165) is 24.9 Å². The third-order valence-electron chi connectivity index (χ3n) is 3.53. The van der Waals surface area contributed by atoms with Gasteiger partial charge in [-0.1, -0.05) is 18.2 Å². The Morgan fingerprint density at radius 3 is 2.94 bits per heavy atom. The number of rotatable bonds is 4. The van der Waals surface area contributed by atoms with E-state index in [1.54, 1.807) is 0 Å². The summed E-state index contributed by atoms with van der Waals surface area (Å²) in [6.07, 6.45) is 3.35. The summed E-state index contributed by atoms with van der Waals surface area (Å²) in [6.45, 7) is 4.10. The third-order valence-corrected chi connectivity index (χ3v) is 3.53. The Morgan fingerprint density at radius 2 is 2.22 bits per heavy atom. The molecule has 1 aromatic rings. The number of hydrogen-bond donors (Lipinski definition) is 1.